The van der Waals surface area contributed by atoms with Crippen LogP contribution in [0.3, 0.4) is 0 Å². The van der Waals surface area contributed by atoms with Gasteiger partial charge >= 0.3 is 0 Å². The first kappa shape index (κ1) is 32.4. The summed E-state index contributed by atoms with van der Waals surface area (Å²) in [7, 11) is 0. The van der Waals surface area contributed by atoms with Gasteiger partial charge in [-0.15, -0.1) is 0 Å². The van der Waals surface area contributed by atoms with E-state index in [1.54, 1.807) is 0 Å². The standard InChI is InChI=1S/C57H33N3O2/c1-3-13-34(14-4-1)38-25-27-49-45(30-38)51-47(32-40-19-9-11-21-43(40)53(51)61-49)56-58-55(42-24-23-36-17-7-8-18-37(36)29-42)59-57(60-56)48-33-41-20-10-12-22-44(41)54-52(48)46-31-39(26-28-50(46)62-54)35-15-5-2-6-16-35/h1-33H/i13D,15D. The maximum atomic E-state index is 8.73. The van der Waals surface area contributed by atoms with Crippen LogP contribution in [0.5, 0.6) is 0 Å². The lowest BCUT2D eigenvalue weighted by atomic mass is 9.96. The van der Waals surface area contributed by atoms with Gasteiger partial charge in [-0.05, 0) is 86.3 Å². The first-order chi connectivity index (χ1) is 31.5. The summed E-state index contributed by atoms with van der Waals surface area (Å²) in [4.78, 5) is 16.2. The molecule has 0 aliphatic rings. The molecule has 5 heteroatoms. The van der Waals surface area contributed by atoms with Gasteiger partial charge in [0, 0.05) is 49.0 Å². The smallest absolute Gasteiger partial charge is 0.164 e. The van der Waals surface area contributed by atoms with Crippen LogP contribution in [0.15, 0.2) is 209 Å². The van der Waals surface area contributed by atoms with E-state index >= 15 is 0 Å². The average Bonchev–Trinajstić information content (AvgIpc) is 3.93. The summed E-state index contributed by atoms with van der Waals surface area (Å²) in [5.74, 6) is 1.52. The largest absolute Gasteiger partial charge is 0.455 e. The third-order valence-electron chi connectivity index (χ3n) is 12.1. The molecular formula is C57H33N3O2. The molecule has 3 heterocycles. The Labute approximate surface area is 358 Å². The van der Waals surface area contributed by atoms with Crippen molar-refractivity contribution in [2.24, 2.45) is 0 Å². The highest BCUT2D eigenvalue weighted by molar-refractivity contribution is 6.23. The molecule has 3 aromatic heterocycles. The molecule has 0 bridgehead atoms. The van der Waals surface area contributed by atoms with Crippen LogP contribution in [-0.2, 0) is 0 Å². The summed E-state index contributed by atoms with van der Waals surface area (Å²) in [5.41, 5.74) is 8.92. The molecule has 0 radical (unpaired) electrons. The highest BCUT2D eigenvalue weighted by Gasteiger charge is 2.24. The summed E-state index contributed by atoms with van der Waals surface area (Å²) in [6, 6.07) is 63.9. The predicted molar refractivity (Wildman–Crippen MR) is 254 cm³/mol. The van der Waals surface area contributed by atoms with E-state index in [0.29, 0.717) is 29.6 Å². The van der Waals surface area contributed by atoms with Crippen molar-refractivity contribution in [3.63, 3.8) is 0 Å². The Morgan fingerprint density at radius 3 is 1.34 bits per heavy atom. The van der Waals surface area contributed by atoms with Crippen molar-refractivity contribution in [3.05, 3.63) is 200 Å². The predicted octanol–water partition coefficient (Wildman–Crippen LogP) is 15.5. The lowest BCUT2D eigenvalue weighted by Gasteiger charge is -2.12. The summed E-state index contributed by atoms with van der Waals surface area (Å²) in [6.45, 7) is 0. The highest BCUT2D eigenvalue weighted by atomic mass is 16.3. The molecule has 0 unspecified atom stereocenters. The van der Waals surface area contributed by atoms with Gasteiger partial charge in [0.2, 0.25) is 0 Å². The number of nitrogens with zero attached hydrogens (tertiary/aromatic N) is 3. The number of aromatic nitrogens is 3. The summed E-state index contributed by atoms with van der Waals surface area (Å²) >= 11 is 0. The van der Waals surface area contributed by atoms with Crippen molar-refractivity contribution in [3.8, 4) is 56.4 Å². The van der Waals surface area contributed by atoms with Crippen molar-refractivity contribution >= 4 is 76.2 Å². The molecule has 10 aromatic carbocycles. The van der Waals surface area contributed by atoms with Crippen LogP contribution >= 0.6 is 0 Å². The van der Waals surface area contributed by atoms with E-state index in [1.807, 2.05) is 109 Å². The van der Waals surface area contributed by atoms with E-state index < -0.39 is 0 Å². The third kappa shape index (κ3) is 5.45. The lowest BCUT2D eigenvalue weighted by molar-refractivity contribution is 0.672. The summed E-state index contributed by atoms with van der Waals surface area (Å²) in [6.07, 6.45) is 0. The number of hydrogen-bond acceptors (Lipinski definition) is 5. The number of hydrogen-bond donors (Lipinski definition) is 0. The zero-order chi connectivity index (χ0) is 42.5. The molecule has 288 valence electrons. The minimum absolute atomic E-state index is 0.451. The zero-order valence-electron chi connectivity index (χ0n) is 35.1. The van der Waals surface area contributed by atoms with Crippen LogP contribution in [0, 0.1) is 0 Å². The fraction of sp³-hybridized carbons (Fsp3) is 0. The topological polar surface area (TPSA) is 65.0 Å². The van der Waals surface area contributed by atoms with Gasteiger partial charge in [-0.25, -0.2) is 15.0 Å². The summed E-state index contributed by atoms with van der Waals surface area (Å²) < 4.78 is 31.0. The number of fused-ring (bicyclic) bond motifs is 11. The molecule has 0 amide bonds. The molecule has 0 fully saturated rings. The van der Waals surface area contributed by atoms with Crippen molar-refractivity contribution in [2.45, 2.75) is 0 Å². The zero-order valence-corrected chi connectivity index (χ0v) is 33.1. The van der Waals surface area contributed by atoms with Crippen LogP contribution in [-0.4, -0.2) is 15.0 Å². The van der Waals surface area contributed by atoms with Crippen LogP contribution in [0.25, 0.3) is 133 Å². The quantitative estimate of drug-likeness (QED) is 0.174. The molecule has 0 N–H and O–H groups in total. The summed E-state index contributed by atoms with van der Waals surface area (Å²) in [5, 5.41) is 9.73. The molecule has 0 atom stereocenters. The number of furan rings is 2. The van der Waals surface area contributed by atoms with Crippen LogP contribution in [0.2, 0.25) is 0 Å². The van der Waals surface area contributed by atoms with Crippen LogP contribution in [0.4, 0.5) is 0 Å². The molecule has 62 heavy (non-hydrogen) atoms. The molecular weight excluding hydrogens is 759 g/mol. The molecule has 5 nitrogen and oxygen atoms in total. The van der Waals surface area contributed by atoms with Gasteiger partial charge in [-0.1, -0.05) is 158 Å². The first-order valence-corrected chi connectivity index (χ1v) is 20.7. The van der Waals surface area contributed by atoms with Crippen molar-refractivity contribution in [2.75, 3.05) is 0 Å². The Kier molecular flexibility index (Phi) is 7.10. The Balaban J connectivity index is 1.14. The molecule has 0 spiro atoms. The Hall–Kier alpha value is -8.41. The van der Waals surface area contributed by atoms with Gasteiger partial charge in [-0.3, -0.25) is 0 Å². The van der Waals surface area contributed by atoms with E-state index in [9.17, 15) is 0 Å². The fourth-order valence-corrected chi connectivity index (χ4v) is 9.13. The van der Waals surface area contributed by atoms with Crippen molar-refractivity contribution in [1.29, 1.82) is 0 Å². The Morgan fingerprint density at radius 2 is 0.790 bits per heavy atom. The lowest BCUT2D eigenvalue weighted by Crippen LogP contribution is -2.01. The Morgan fingerprint density at radius 1 is 0.323 bits per heavy atom. The van der Waals surface area contributed by atoms with Crippen molar-refractivity contribution < 1.29 is 11.6 Å². The molecule has 13 aromatic rings. The van der Waals surface area contributed by atoms with E-state index in [0.717, 1.165) is 115 Å². The van der Waals surface area contributed by atoms with Gasteiger partial charge in [0.1, 0.15) is 22.3 Å². The number of benzene rings is 10. The minimum atomic E-state index is 0.451. The second kappa shape index (κ2) is 13.6. The van der Waals surface area contributed by atoms with Crippen LogP contribution in [0.1, 0.15) is 2.74 Å². The molecule has 0 saturated heterocycles. The normalized spacial score (nSPS) is 12.3. The van der Waals surface area contributed by atoms with Crippen molar-refractivity contribution in [1.82, 2.24) is 15.0 Å². The maximum absolute atomic E-state index is 8.73. The van der Waals surface area contributed by atoms with E-state index in [1.165, 1.54) is 0 Å². The SMILES string of the molecule is [2H]c1ccccc1-c1ccc2oc3c4ccccc4cc(-c4nc(-c5ccc6ccccc6c5)nc(-c5cc6ccccc6c6oc7ccc(-c8ccccc8[2H])cc7c56)n4)c3c2c1. The molecule has 0 saturated carbocycles. The maximum Gasteiger partial charge on any atom is 0.164 e. The van der Waals surface area contributed by atoms with E-state index in [-0.39, 0.29) is 0 Å². The Bertz CT molecular complexity index is 3850. The second-order valence-electron chi connectivity index (χ2n) is 15.7. The highest BCUT2D eigenvalue weighted by Crippen LogP contribution is 2.45. The van der Waals surface area contributed by atoms with Gasteiger partial charge in [0.05, 0.1) is 2.74 Å². The molecule has 0 aliphatic heterocycles. The van der Waals surface area contributed by atoms with Gasteiger partial charge < -0.3 is 8.83 Å². The van der Waals surface area contributed by atoms with Gasteiger partial charge in [-0.2, -0.15) is 0 Å². The molecule has 13 rings (SSSR count). The monoisotopic (exact) mass is 793 g/mol. The van der Waals surface area contributed by atoms with Gasteiger partial charge in [0.25, 0.3) is 0 Å². The second-order valence-corrected chi connectivity index (χ2v) is 15.7. The van der Waals surface area contributed by atoms with E-state index in [4.69, 9.17) is 26.5 Å². The average molecular weight is 794 g/mol. The minimum Gasteiger partial charge on any atom is -0.455 e. The first-order valence-electron chi connectivity index (χ1n) is 21.7. The fourth-order valence-electron chi connectivity index (χ4n) is 9.13. The third-order valence-corrected chi connectivity index (χ3v) is 12.1. The molecule has 0 aliphatic carbocycles. The van der Waals surface area contributed by atoms with Crippen LogP contribution < -0.4 is 0 Å². The number of rotatable bonds is 5. The van der Waals surface area contributed by atoms with Gasteiger partial charge in [0.15, 0.2) is 17.5 Å². The van der Waals surface area contributed by atoms with E-state index in [2.05, 4.69) is 78.9 Å².